The van der Waals surface area contributed by atoms with Crippen LogP contribution in [0.4, 0.5) is 24.5 Å². The Bertz CT molecular complexity index is 494. The van der Waals surface area contributed by atoms with Gasteiger partial charge in [0, 0.05) is 24.4 Å². The van der Waals surface area contributed by atoms with Crippen molar-refractivity contribution in [2.75, 3.05) is 18.5 Å². The van der Waals surface area contributed by atoms with Crippen molar-refractivity contribution in [1.82, 2.24) is 0 Å². The zero-order chi connectivity index (χ0) is 16.0. The average molecular weight is 308 g/mol. The molecule has 0 fully saturated rings. The third kappa shape index (κ3) is 5.46. The number of hydrogen-bond donors (Lipinski definition) is 2. The first-order valence-electron chi connectivity index (χ1n) is 6.15. The van der Waals surface area contributed by atoms with Crippen LogP contribution in [0.5, 0.6) is 5.75 Å². The van der Waals surface area contributed by atoms with E-state index in [0.29, 0.717) is 13.0 Å². The monoisotopic (exact) mass is 308 g/mol. The van der Waals surface area contributed by atoms with Crippen LogP contribution in [0.25, 0.3) is 0 Å². The molecule has 0 bridgehead atoms. The quantitative estimate of drug-likeness (QED) is 0.597. The SMILES string of the molecule is CCCOc1cc(NCC(O)C(F)(F)F)cc([N+](=O)[O-])c1. The molecule has 0 aliphatic rings. The van der Waals surface area contributed by atoms with Crippen molar-refractivity contribution in [3.05, 3.63) is 28.3 Å². The molecule has 1 aromatic carbocycles. The number of nitrogens with one attached hydrogen (secondary N) is 1. The molecule has 21 heavy (non-hydrogen) atoms. The molecule has 0 heterocycles. The van der Waals surface area contributed by atoms with Gasteiger partial charge in [0.1, 0.15) is 5.75 Å². The van der Waals surface area contributed by atoms with E-state index in [4.69, 9.17) is 9.84 Å². The summed E-state index contributed by atoms with van der Waals surface area (Å²) in [5.41, 5.74) is -0.244. The van der Waals surface area contributed by atoms with Gasteiger partial charge in [-0.05, 0) is 6.42 Å². The van der Waals surface area contributed by atoms with Crippen LogP contribution < -0.4 is 10.1 Å². The molecular weight excluding hydrogens is 293 g/mol. The highest BCUT2D eigenvalue weighted by Gasteiger charge is 2.37. The predicted octanol–water partition coefficient (Wildman–Crippen LogP) is 2.72. The summed E-state index contributed by atoms with van der Waals surface area (Å²) in [4.78, 5) is 10.1. The fourth-order valence-corrected chi connectivity index (χ4v) is 1.42. The second-order valence-corrected chi connectivity index (χ2v) is 4.26. The smallest absolute Gasteiger partial charge is 0.416 e. The minimum absolute atomic E-state index is 0.0682. The van der Waals surface area contributed by atoms with Crippen LogP contribution in [0.1, 0.15) is 13.3 Å². The van der Waals surface area contributed by atoms with Crippen molar-refractivity contribution in [3.63, 3.8) is 0 Å². The van der Waals surface area contributed by atoms with Crippen LogP contribution in [0.15, 0.2) is 18.2 Å². The van der Waals surface area contributed by atoms with Gasteiger partial charge in [-0.15, -0.1) is 0 Å². The summed E-state index contributed by atoms with van der Waals surface area (Å²) in [7, 11) is 0. The van der Waals surface area contributed by atoms with Crippen molar-refractivity contribution in [3.8, 4) is 5.75 Å². The number of nitro groups is 1. The van der Waals surface area contributed by atoms with E-state index < -0.39 is 23.7 Å². The Labute approximate surface area is 118 Å². The number of benzene rings is 1. The standard InChI is InChI=1S/C12H15F3N2O4/c1-2-3-21-10-5-8(4-9(6-10)17(19)20)16-7-11(18)12(13,14)15/h4-6,11,16,18H,2-3,7H2,1H3. The maximum absolute atomic E-state index is 12.2. The Hall–Kier alpha value is -2.03. The topological polar surface area (TPSA) is 84.6 Å². The molecule has 0 saturated heterocycles. The Kier molecular flexibility index (Phi) is 5.77. The number of nitrogens with zero attached hydrogens (tertiary/aromatic N) is 1. The third-order valence-corrected chi connectivity index (χ3v) is 2.45. The molecule has 1 rings (SSSR count). The fraction of sp³-hybridized carbons (Fsp3) is 0.500. The van der Waals surface area contributed by atoms with Gasteiger partial charge in [-0.1, -0.05) is 6.92 Å². The second-order valence-electron chi connectivity index (χ2n) is 4.26. The minimum atomic E-state index is -4.75. The first kappa shape index (κ1) is 17.0. The maximum atomic E-state index is 12.2. The van der Waals surface area contributed by atoms with Crippen molar-refractivity contribution in [1.29, 1.82) is 0 Å². The number of aliphatic hydroxyl groups excluding tert-OH is 1. The van der Waals surface area contributed by atoms with Crippen molar-refractivity contribution < 1.29 is 27.9 Å². The second kappa shape index (κ2) is 7.11. The highest BCUT2D eigenvalue weighted by atomic mass is 19.4. The summed E-state index contributed by atoms with van der Waals surface area (Å²) in [6.07, 6.45) is -6.63. The van der Waals surface area contributed by atoms with Gasteiger partial charge in [0.25, 0.3) is 5.69 Å². The maximum Gasteiger partial charge on any atom is 0.416 e. The number of nitro benzene ring substituents is 1. The molecule has 0 radical (unpaired) electrons. The number of rotatable bonds is 7. The summed E-state index contributed by atoms with van der Waals surface area (Å²) in [6, 6.07) is 3.59. The summed E-state index contributed by atoms with van der Waals surface area (Å²) in [5, 5.41) is 22.0. The van der Waals surface area contributed by atoms with E-state index in [-0.39, 0.29) is 17.1 Å². The highest BCUT2D eigenvalue weighted by molar-refractivity contribution is 5.56. The van der Waals surface area contributed by atoms with Crippen molar-refractivity contribution in [2.24, 2.45) is 0 Å². The van der Waals surface area contributed by atoms with Crippen LogP contribution in [0.2, 0.25) is 0 Å². The molecule has 9 heteroatoms. The number of ether oxygens (including phenoxy) is 1. The molecule has 1 atom stereocenters. The first-order chi connectivity index (χ1) is 9.74. The van der Waals surface area contributed by atoms with Gasteiger partial charge in [0.15, 0.2) is 6.10 Å². The van der Waals surface area contributed by atoms with Gasteiger partial charge >= 0.3 is 6.18 Å². The lowest BCUT2D eigenvalue weighted by atomic mass is 10.2. The number of hydrogen-bond acceptors (Lipinski definition) is 5. The molecule has 6 nitrogen and oxygen atoms in total. The van der Waals surface area contributed by atoms with E-state index in [1.807, 2.05) is 6.92 Å². The van der Waals surface area contributed by atoms with E-state index >= 15 is 0 Å². The Balaban J connectivity index is 2.85. The number of halogens is 3. The summed E-state index contributed by atoms with van der Waals surface area (Å²) >= 11 is 0. The zero-order valence-corrected chi connectivity index (χ0v) is 11.2. The van der Waals surface area contributed by atoms with Gasteiger partial charge in [0.2, 0.25) is 0 Å². The first-order valence-corrected chi connectivity index (χ1v) is 6.15. The third-order valence-electron chi connectivity index (χ3n) is 2.45. The number of alkyl halides is 3. The van der Waals surface area contributed by atoms with Crippen molar-refractivity contribution >= 4 is 11.4 Å². The average Bonchev–Trinajstić information content (AvgIpc) is 2.41. The van der Waals surface area contributed by atoms with E-state index in [2.05, 4.69) is 5.32 Å². The van der Waals surface area contributed by atoms with E-state index in [1.165, 1.54) is 12.1 Å². The van der Waals surface area contributed by atoms with Crippen molar-refractivity contribution in [2.45, 2.75) is 25.6 Å². The number of anilines is 1. The van der Waals surface area contributed by atoms with E-state index in [9.17, 15) is 23.3 Å². The van der Waals surface area contributed by atoms with Crippen LogP contribution in [0, 0.1) is 10.1 Å². The van der Waals surface area contributed by atoms with Crippen LogP contribution in [0.3, 0.4) is 0 Å². The Morgan fingerprint density at radius 1 is 1.43 bits per heavy atom. The van der Waals surface area contributed by atoms with Crippen LogP contribution >= 0.6 is 0 Å². The lowest BCUT2D eigenvalue weighted by Gasteiger charge is -2.16. The Morgan fingerprint density at radius 2 is 2.10 bits per heavy atom. The van der Waals surface area contributed by atoms with Gasteiger partial charge in [-0.25, -0.2) is 0 Å². The molecule has 2 N–H and O–H groups in total. The molecule has 118 valence electrons. The molecule has 0 aliphatic heterocycles. The lowest BCUT2D eigenvalue weighted by Crippen LogP contribution is -2.35. The summed E-state index contributed by atoms with van der Waals surface area (Å²) in [5.74, 6) is 0.176. The Morgan fingerprint density at radius 3 is 2.62 bits per heavy atom. The number of aliphatic hydroxyl groups is 1. The molecule has 0 saturated carbocycles. The highest BCUT2D eigenvalue weighted by Crippen LogP contribution is 2.27. The van der Waals surface area contributed by atoms with Gasteiger partial charge in [0.05, 0.1) is 17.6 Å². The summed E-state index contributed by atoms with van der Waals surface area (Å²) < 4.78 is 41.8. The van der Waals surface area contributed by atoms with Gasteiger partial charge in [-0.2, -0.15) is 13.2 Å². The van der Waals surface area contributed by atoms with Crippen LogP contribution in [-0.4, -0.2) is 35.5 Å². The van der Waals surface area contributed by atoms with Gasteiger partial charge in [-0.3, -0.25) is 10.1 Å². The predicted molar refractivity (Wildman–Crippen MR) is 69.4 cm³/mol. The van der Waals surface area contributed by atoms with Crippen LogP contribution in [-0.2, 0) is 0 Å². The lowest BCUT2D eigenvalue weighted by molar-refractivity contribution is -0.384. The number of non-ortho nitro benzene ring substituents is 1. The van der Waals surface area contributed by atoms with E-state index in [0.717, 1.165) is 6.07 Å². The molecule has 1 unspecified atom stereocenters. The van der Waals surface area contributed by atoms with E-state index in [1.54, 1.807) is 0 Å². The molecule has 0 spiro atoms. The fourth-order valence-electron chi connectivity index (χ4n) is 1.42. The molecule has 1 aromatic rings. The molecule has 0 aromatic heterocycles. The largest absolute Gasteiger partial charge is 0.493 e. The summed E-state index contributed by atoms with van der Waals surface area (Å²) in [6.45, 7) is 1.36. The van der Waals surface area contributed by atoms with Gasteiger partial charge < -0.3 is 15.2 Å². The molecular formula is C12H15F3N2O4. The molecule has 0 aliphatic carbocycles. The minimum Gasteiger partial charge on any atom is -0.493 e. The molecule has 0 amide bonds. The normalized spacial score (nSPS) is 12.8. The zero-order valence-electron chi connectivity index (χ0n) is 11.2.